The van der Waals surface area contributed by atoms with E-state index in [0.717, 1.165) is 58.9 Å². The van der Waals surface area contributed by atoms with Crippen LogP contribution in [-0.4, -0.2) is 46.2 Å². The first-order valence-corrected chi connectivity index (χ1v) is 13.2. The Bertz CT molecular complexity index is 1540. The smallest absolute Gasteiger partial charge is 0.259 e. The van der Waals surface area contributed by atoms with Crippen LogP contribution in [0.5, 0.6) is 0 Å². The number of fused-ring (bicyclic) bond motifs is 12. The summed E-state index contributed by atoms with van der Waals surface area (Å²) >= 11 is 0. The third-order valence-corrected chi connectivity index (χ3v) is 7.73. The highest BCUT2D eigenvalue weighted by molar-refractivity contribution is 6.50. The number of carbonyl (C=O) groups is 2. The summed E-state index contributed by atoms with van der Waals surface area (Å²) in [4.78, 5) is 26.5. The van der Waals surface area contributed by atoms with E-state index in [1.807, 2.05) is 48.8 Å². The van der Waals surface area contributed by atoms with Crippen molar-refractivity contribution >= 4 is 44.8 Å². The van der Waals surface area contributed by atoms with Gasteiger partial charge in [-0.05, 0) is 31.9 Å². The van der Waals surface area contributed by atoms with Crippen molar-refractivity contribution < 1.29 is 14.3 Å². The van der Waals surface area contributed by atoms with E-state index in [-0.39, 0.29) is 17.9 Å². The molecule has 4 heterocycles. The molecule has 0 aliphatic carbocycles. The number of rotatable bonds is 4. The number of hydrogen-bond acceptors (Lipinski definition) is 4. The fraction of sp³-hybridized carbons (Fsp3) is 0.333. The van der Waals surface area contributed by atoms with Gasteiger partial charge in [-0.3, -0.25) is 14.9 Å². The summed E-state index contributed by atoms with van der Waals surface area (Å²) in [6.45, 7) is 7.12. The fourth-order valence-corrected chi connectivity index (χ4v) is 5.55. The van der Waals surface area contributed by atoms with E-state index in [9.17, 15) is 9.59 Å². The number of benzene rings is 2. The van der Waals surface area contributed by atoms with Crippen LogP contribution in [0, 0.1) is 0 Å². The summed E-state index contributed by atoms with van der Waals surface area (Å²) in [6, 6.07) is 16.6. The fourth-order valence-electron chi connectivity index (χ4n) is 5.55. The number of carbonyl (C=O) groups excluding carboxylic acids is 2. The Morgan fingerprint density at radius 3 is 2.08 bits per heavy atom. The first-order valence-electron chi connectivity index (χ1n) is 13.2. The minimum atomic E-state index is -0.348. The molecule has 37 heavy (non-hydrogen) atoms. The maximum Gasteiger partial charge on any atom is 0.259 e. The molecule has 0 fully saturated rings. The van der Waals surface area contributed by atoms with E-state index >= 15 is 0 Å². The average Bonchev–Trinajstić information content (AvgIpc) is 3.55. The Morgan fingerprint density at radius 2 is 1.49 bits per heavy atom. The van der Waals surface area contributed by atoms with E-state index in [2.05, 4.69) is 45.7 Å². The van der Waals surface area contributed by atoms with Crippen LogP contribution in [0.3, 0.4) is 0 Å². The van der Waals surface area contributed by atoms with Gasteiger partial charge in [0.15, 0.2) is 0 Å². The molecular formula is C30H32N4O3. The van der Waals surface area contributed by atoms with Gasteiger partial charge >= 0.3 is 0 Å². The van der Waals surface area contributed by atoms with E-state index in [4.69, 9.17) is 4.74 Å². The molecule has 2 aromatic carbocycles. The third kappa shape index (κ3) is 4.18. The van der Waals surface area contributed by atoms with Crippen molar-refractivity contribution in [3.63, 3.8) is 0 Å². The second-order valence-corrected chi connectivity index (χ2v) is 10.0. The first-order chi connectivity index (χ1) is 18.0. The summed E-state index contributed by atoms with van der Waals surface area (Å²) in [7, 11) is 0. The average molecular weight is 497 g/mol. The largest absolute Gasteiger partial charge is 0.375 e. The van der Waals surface area contributed by atoms with E-state index < -0.39 is 0 Å². The molecular weight excluding hydrogens is 464 g/mol. The van der Waals surface area contributed by atoms with Crippen LogP contribution in [0.2, 0.25) is 0 Å². The number of hydrogen-bond donors (Lipinski definition) is 2. The molecule has 0 radical (unpaired) electrons. The molecule has 4 aromatic rings. The number of aromatic nitrogens is 2. The van der Waals surface area contributed by atoms with Crippen molar-refractivity contribution in [3.05, 3.63) is 72.1 Å². The molecule has 2 atom stereocenters. The van der Waals surface area contributed by atoms with Gasteiger partial charge < -0.3 is 19.2 Å². The van der Waals surface area contributed by atoms with E-state index in [1.54, 1.807) is 0 Å². The second-order valence-electron chi connectivity index (χ2n) is 10.0. The lowest BCUT2D eigenvalue weighted by molar-refractivity contribution is -0.122. The Balaban J connectivity index is 1.54. The highest BCUT2D eigenvalue weighted by Crippen LogP contribution is 2.39. The van der Waals surface area contributed by atoms with Crippen molar-refractivity contribution in [1.29, 1.82) is 0 Å². The Kier molecular flexibility index (Phi) is 6.18. The van der Waals surface area contributed by atoms with Crippen molar-refractivity contribution in [2.75, 3.05) is 13.2 Å². The number of aryl methyl sites for hydroxylation is 1. The van der Waals surface area contributed by atoms with E-state index in [0.29, 0.717) is 30.3 Å². The van der Waals surface area contributed by atoms with Crippen LogP contribution < -0.4 is 10.6 Å². The second kappa shape index (κ2) is 9.65. The summed E-state index contributed by atoms with van der Waals surface area (Å²) in [5.41, 5.74) is 4.52. The Morgan fingerprint density at radius 1 is 0.919 bits per heavy atom. The minimum absolute atomic E-state index is 0.0500. The Labute approximate surface area is 216 Å². The summed E-state index contributed by atoms with van der Waals surface area (Å²) < 4.78 is 10.8. The van der Waals surface area contributed by atoms with Gasteiger partial charge in [0.1, 0.15) is 0 Å². The lowest BCUT2D eigenvalue weighted by Crippen LogP contribution is -2.36. The van der Waals surface area contributed by atoms with Crippen molar-refractivity contribution in [2.24, 2.45) is 0 Å². The number of nitrogens with one attached hydrogen (secondary N) is 2. The zero-order chi connectivity index (χ0) is 25.5. The lowest BCUT2D eigenvalue weighted by Gasteiger charge is -2.22. The number of ether oxygens (including phenoxy) is 1. The first kappa shape index (κ1) is 23.7. The van der Waals surface area contributed by atoms with Crippen LogP contribution >= 0.6 is 0 Å². The van der Waals surface area contributed by atoms with Crippen molar-refractivity contribution in [1.82, 2.24) is 19.8 Å². The van der Waals surface area contributed by atoms with Crippen LogP contribution in [0.4, 0.5) is 0 Å². The predicted molar refractivity (Wildman–Crippen MR) is 146 cm³/mol. The van der Waals surface area contributed by atoms with Gasteiger partial charge in [0.25, 0.3) is 11.8 Å². The number of imide groups is 1. The number of nitrogens with zero attached hydrogens (tertiary/aromatic N) is 2. The maximum atomic E-state index is 13.3. The molecule has 6 rings (SSSR count). The molecule has 7 nitrogen and oxygen atoms in total. The zero-order valence-corrected chi connectivity index (χ0v) is 21.3. The predicted octanol–water partition coefficient (Wildman–Crippen LogP) is 4.34. The molecule has 190 valence electrons. The molecule has 2 amide bonds. The highest BCUT2D eigenvalue weighted by Gasteiger charge is 2.35. The van der Waals surface area contributed by atoms with Crippen LogP contribution in [0.25, 0.3) is 33.0 Å². The maximum absolute atomic E-state index is 13.3. The monoisotopic (exact) mass is 496 g/mol. The number of amides is 2. The summed E-state index contributed by atoms with van der Waals surface area (Å²) in [5.74, 6) is -0.690. The normalized spacial score (nSPS) is 19.2. The molecule has 2 aliphatic rings. The SMILES string of the molecule is CCC(C)NCC1CCn2cc(c3ccccc32)C2=C(C(=O)NC2=O)c2cn(c3ccccc23)CCO1. The third-order valence-electron chi connectivity index (χ3n) is 7.73. The standard InChI is InChI=1S/C30H32N4O3/c1-3-19(2)31-16-20-12-13-33-17-23(21-8-4-6-10-25(21)33)27-28(30(36)32-29(27)35)24-18-34(14-15-37-20)26-11-7-5-9-22(24)26/h4-11,17-20,31H,3,12-16H2,1-2H3,(H,32,35,36). The highest BCUT2D eigenvalue weighted by atomic mass is 16.5. The molecule has 2 aromatic heterocycles. The molecule has 0 saturated heterocycles. The van der Waals surface area contributed by atoms with Gasteiger partial charge in [-0.15, -0.1) is 0 Å². The van der Waals surface area contributed by atoms with Crippen LogP contribution in [0.1, 0.15) is 37.8 Å². The summed E-state index contributed by atoms with van der Waals surface area (Å²) in [6.07, 6.45) is 5.97. The van der Waals surface area contributed by atoms with Crippen LogP contribution in [0.15, 0.2) is 60.9 Å². The van der Waals surface area contributed by atoms with Gasteiger partial charge in [0, 0.05) is 71.0 Å². The molecule has 2 N–H and O–H groups in total. The van der Waals surface area contributed by atoms with Crippen molar-refractivity contribution in [2.45, 2.75) is 51.9 Å². The van der Waals surface area contributed by atoms with E-state index in [1.165, 1.54) is 0 Å². The molecule has 2 unspecified atom stereocenters. The van der Waals surface area contributed by atoms with Gasteiger partial charge in [0.05, 0.1) is 23.9 Å². The van der Waals surface area contributed by atoms with Gasteiger partial charge in [0.2, 0.25) is 0 Å². The van der Waals surface area contributed by atoms with Gasteiger partial charge in [-0.25, -0.2) is 0 Å². The van der Waals surface area contributed by atoms with Gasteiger partial charge in [-0.1, -0.05) is 43.3 Å². The molecule has 0 spiro atoms. The quantitative estimate of drug-likeness (QED) is 0.412. The lowest BCUT2D eigenvalue weighted by atomic mass is 9.95. The number of para-hydroxylation sites is 2. The van der Waals surface area contributed by atoms with Crippen LogP contribution in [-0.2, 0) is 27.4 Å². The summed E-state index contributed by atoms with van der Waals surface area (Å²) in [5, 5.41) is 8.10. The molecule has 4 bridgehead atoms. The Hall–Kier alpha value is -3.68. The minimum Gasteiger partial charge on any atom is -0.375 e. The molecule has 7 heteroatoms. The zero-order valence-electron chi connectivity index (χ0n) is 21.3. The molecule has 2 aliphatic heterocycles. The molecule has 0 saturated carbocycles. The topological polar surface area (TPSA) is 77.3 Å². The van der Waals surface area contributed by atoms with Crippen molar-refractivity contribution in [3.8, 4) is 0 Å². The van der Waals surface area contributed by atoms with Gasteiger partial charge in [-0.2, -0.15) is 0 Å².